The average Bonchev–Trinajstić information content (AvgIpc) is 2.46. The molecule has 0 radical (unpaired) electrons. The Morgan fingerprint density at radius 1 is 1.47 bits per heavy atom. The van der Waals surface area contributed by atoms with Crippen molar-refractivity contribution in [2.45, 2.75) is 25.8 Å². The molecule has 1 aromatic carbocycles. The summed E-state index contributed by atoms with van der Waals surface area (Å²) in [5, 5.41) is 12.2. The van der Waals surface area contributed by atoms with Crippen molar-refractivity contribution in [2.24, 2.45) is 0 Å². The number of carbonyl (C=O) groups excluding carboxylic acids is 1. The van der Waals surface area contributed by atoms with E-state index in [9.17, 15) is 4.79 Å². The largest absolute Gasteiger partial charge is 0.324 e. The summed E-state index contributed by atoms with van der Waals surface area (Å²) < 4.78 is 0. The molecule has 1 N–H and O–H groups in total. The zero-order chi connectivity index (χ0) is 13.7. The van der Waals surface area contributed by atoms with Gasteiger partial charge in [-0.1, -0.05) is 29.8 Å². The Kier molecular flexibility index (Phi) is 4.53. The van der Waals surface area contributed by atoms with Crippen molar-refractivity contribution >= 4 is 5.91 Å². The summed E-state index contributed by atoms with van der Waals surface area (Å²) in [5.41, 5.74) is 2.39. The highest BCUT2D eigenvalue weighted by Gasteiger charge is 2.25. The van der Waals surface area contributed by atoms with Gasteiger partial charge >= 0.3 is 0 Å². The number of piperazine rings is 1. The van der Waals surface area contributed by atoms with Crippen molar-refractivity contribution in [2.75, 3.05) is 19.6 Å². The van der Waals surface area contributed by atoms with Crippen molar-refractivity contribution < 1.29 is 4.79 Å². The Labute approximate surface area is 114 Å². The topological polar surface area (TPSA) is 56.1 Å². The van der Waals surface area contributed by atoms with Crippen LogP contribution in [0.1, 0.15) is 17.5 Å². The SMILES string of the molecule is Cc1ccc(CCC(=O)N2CCNCC2C#N)cc1. The minimum absolute atomic E-state index is 0.0774. The van der Waals surface area contributed by atoms with Crippen molar-refractivity contribution in [1.29, 1.82) is 5.26 Å². The smallest absolute Gasteiger partial charge is 0.224 e. The number of aryl methyl sites for hydroxylation is 2. The molecule has 100 valence electrons. The minimum Gasteiger partial charge on any atom is -0.324 e. The van der Waals surface area contributed by atoms with Crippen LogP contribution in [0.5, 0.6) is 0 Å². The molecule has 1 saturated heterocycles. The highest BCUT2D eigenvalue weighted by molar-refractivity contribution is 5.77. The average molecular weight is 257 g/mol. The van der Waals surface area contributed by atoms with Gasteiger partial charge in [0.25, 0.3) is 0 Å². The monoisotopic (exact) mass is 257 g/mol. The molecule has 1 unspecified atom stereocenters. The van der Waals surface area contributed by atoms with Gasteiger partial charge in [-0.05, 0) is 18.9 Å². The van der Waals surface area contributed by atoms with Gasteiger partial charge in [-0.25, -0.2) is 0 Å². The van der Waals surface area contributed by atoms with Crippen LogP contribution in [0.3, 0.4) is 0 Å². The van der Waals surface area contributed by atoms with Gasteiger partial charge in [0.05, 0.1) is 6.07 Å². The molecule has 1 atom stereocenters. The molecule has 0 spiro atoms. The molecule has 1 aliphatic heterocycles. The van der Waals surface area contributed by atoms with Gasteiger partial charge in [0, 0.05) is 26.1 Å². The maximum atomic E-state index is 12.2. The van der Waals surface area contributed by atoms with Crippen LogP contribution in [0, 0.1) is 18.3 Å². The fourth-order valence-electron chi connectivity index (χ4n) is 2.27. The van der Waals surface area contributed by atoms with Crippen LogP contribution in [0.25, 0.3) is 0 Å². The van der Waals surface area contributed by atoms with E-state index >= 15 is 0 Å². The Morgan fingerprint density at radius 3 is 2.89 bits per heavy atom. The summed E-state index contributed by atoms with van der Waals surface area (Å²) in [6.07, 6.45) is 1.21. The number of hydrogen-bond donors (Lipinski definition) is 1. The summed E-state index contributed by atoms with van der Waals surface area (Å²) in [5.74, 6) is 0.0774. The number of nitrogens with zero attached hydrogens (tertiary/aromatic N) is 2. The van der Waals surface area contributed by atoms with E-state index in [4.69, 9.17) is 5.26 Å². The van der Waals surface area contributed by atoms with Crippen molar-refractivity contribution in [3.8, 4) is 6.07 Å². The van der Waals surface area contributed by atoms with Crippen molar-refractivity contribution in [1.82, 2.24) is 10.2 Å². The molecule has 0 aromatic heterocycles. The predicted octanol–water partition coefficient (Wildman–Crippen LogP) is 1.25. The van der Waals surface area contributed by atoms with E-state index in [1.54, 1.807) is 4.90 Å². The first-order valence-electron chi connectivity index (χ1n) is 6.66. The lowest BCUT2D eigenvalue weighted by Crippen LogP contribution is -2.53. The molecule has 4 heteroatoms. The first-order chi connectivity index (χ1) is 9.20. The Balaban J connectivity index is 1.90. The van der Waals surface area contributed by atoms with Crippen molar-refractivity contribution in [3.63, 3.8) is 0 Å². The molecule has 0 saturated carbocycles. The number of rotatable bonds is 3. The third kappa shape index (κ3) is 3.55. The number of carbonyl (C=O) groups is 1. The van der Waals surface area contributed by atoms with E-state index in [0.717, 1.165) is 13.0 Å². The molecule has 1 aliphatic rings. The quantitative estimate of drug-likeness (QED) is 0.886. The zero-order valence-corrected chi connectivity index (χ0v) is 11.2. The number of hydrogen-bond acceptors (Lipinski definition) is 3. The van der Waals surface area contributed by atoms with Crippen LogP contribution in [-0.4, -0.2) is 36.5 Å². The highest BCUT2D eigenvalue weighted by Crippen LogP contribution is 2.10. The first-order valence-corrected chi connectivity index (χ1v) is 6.66. The molecule has 2 rings (SSSR count). The van der Waals surface area contributed by atoms with Gasteiger partial charge in [-0.2, -0.15) is 5.26 Å². The third-order valence-electron chi connectivity index (χ3n) is 3.46. The van der Waals surface area contributed by atoms with Gasteiger partial charge in [0.1, 0.15) is 6.04 Å². The summed E-state index contributed by atoms with van der Waals surface area (Å²) in [7, 11) is 0. The summed E-state index contributed by atoms with van der Waals surface area (Å²) in [6.45, 7) is 4.03. The van der Waals surface area contributed by atoms with E-state index in [1.165, 1.54) is 11.1 Å². The Hall–Kier alpha value is -1.86. The number of nitriles is 1. The zero-order valence-electron chi connectivity index (χ0n) is 11.2. The number of benzene rings is 1. The Bertz CT molecular complexity index is 475. The van der Waals surface area contributed by atoms with Gasteiger partial charge in [-0.3, -0.25) is 4.79 Å². The molecule has 0 bridgehead atoms. The molecule has 1 aromatic rings. The number of amides is 1. The lowest BCUT2D eigenvalue weighted by Gasteiger charge is -2.32. The predicted molar refractivity (Wildman–Crippen MR) is 73.5 cm³/mol. The standard InChI is InChI=1S/C15H19N3O/c1-12-2-4-13(5-3-12)6-7-15(19)18-9-8-17-11-14(18)10-16/h2-5,14,17H,6-9,11H2,1H3. The van der Waals surface area contributed by atoms with Crippen LogP contribution in [0.15, 0.2) is 24.3 Å². The van der Waals surface area contributed by atoms with E-state index in [-0.39, 0.29) is 11.9 Å². The van der Waals surface area contributed by atoms with Crippen LogP contribution in [0.2, 0.25) is 0 Å². The van der Waals surface area contributed by atoms with E-state index in [1.807, 2.05) is 6.92 Å². The highest BCUT2D eigenvalue weighted by atomic mass is 16.2. The van der Waals surface area contributed by atoms with Crippen LogP contribution < -0.4 is 5.32 Å². The molecular weight excluding hydrogens is 238 g/mol. The summed E-state index contributed by atoms with van der Waals surface area (Å²) in [6, 6.07) is 10.1. The normalized spacial score (nSPS) is 18.9. The van der Waals surface area contributed by atoms with Gasteiger partial charge < -0.3 is 10.2 Å². The minimum atomic E-state index is -0.320. The van der Waals surface area contributed by atoms with Crippen LogP contribution in [-0.2, 0) is 11.2 Å². The molecule has 1 fully saturated rings. The molecular formula is C15H19N3O. The summed E-state index contributed by atoms with van der Waals surface area (Å²) >= 11 is 0. The Morgan fingerprint density at radius 2 is 2.21 bits per heavy atom. The maximum absolute atomic E-state index is 12.2. The van der Waals surface area contributed by atoms with E-state index < -0.39 is 0 Å². The molecule has 1 heterocycles. The van der Waals surface area contributed by atoms with Crippen molar-refractivity contribution in [3.05, 3.63) is 35.4 Å². The first kappa shape index (κ1) is 13.6. The molecule has 19 heavy (non-hydrogen) atoms. The van der Waals surface area contributed by atoms with E-state index in [2.05, 4.69) is 35.7 Å². The fraction of sp³-hybridized carbons (Fsp3) is 0.467. The lowest BCUT2D eigenvalue weighted by atomic mass is 10.1. The van der Waals surface area contributed by atoms with Gasteiger partial charge in [-0.15, -0.1) is 0 Å². The van der Waals surface area contributed by atoms with Gasteiger partial charge in [0.2, 0.25) is 5.91 Å². The maximum Gasteiger partial charge on any atom is 0.224 e. The van der Waals surface area contributed by atoms with Gasteiger partial charge in [0.15, 0.2) is 0 Å². The second-order valence-corrected chi connectivity index (χ2v) is 4.92. The van der Waals surface area contributed by atoms with E-state index in [0.29, 0.717) is 19.5 Å². The fourth-order valence-corrected chi connectivity index (χ4v) is 2.27. The molecule has 1 amide bonds. The van der Waals surface area contributed by atoms with Crippen LogP contribution in [0.4, 0.5) is 0 Å². The second-order valence-electron chi connectivity index (χ2n) is 4.92. The summed E-state index contributed by atoms with van der Waals surface area (Å²) in [4.78, 5) is 13.9. The lowest BCUT2D eigenvalue weighted by molar-refractivity contribution is -0.133. The second kappa shape index (κ2) is 6.35. The number of nitrogens with one attached hydrogen (secondary N) is 1. The molecule has 4 nitrogen and oxygen atoms in total. The molecule has 0 aliphatic carbocycles. The third-order valence-corrected chi connectivity index (χ3v) is 3.46. The van der Waals surface area contributed by atoms with Crippen LogP contribution >= 0.6 is 0 Å².